The monoisotopic (exact) mass is 290 g/mol. The van der Waals surface area contributed by atoms with Crippen LogP contribution < -0.4 is 15.8 Å². The number of hydrogen-bond donors (Lipinski definition) is 2. The fourth-order valence-electron chi connectivity index (χ4n) is 1.57. The lowest BCUT2D eigenvalue weighted by Gasteiger charge is -2.14. The molecule has 2 aromatic rings. The van der Waals surface area contributed by atoms with Gasteiger partial charge in [-0.2, -0.15) is 0 Å². The molecule has 0 saturated heterocycles. The Morgan fingerprint density at radius 2 is 1.95 bits per heavy atom. The maximum Gasteiger partial charge on any atom is 0.265 e. The van der Waals surface area contributed by atoms with Crippen molar-refractivity contribution < 1.29 is 14.3 Å². The van der Waals surface area contributed by atoms with Gasteiger partial charge in [0.05, 0.1) is 5.56 Å². The van der Waals surface area contributed by atoms with Gasteiger partial charge in [-0.25, -0.2) is 0 Å². The second-order valence-corrected chi connectivity index (χ2v) is 5.01. The predicted octanol–water partition coefficient (Wildman–Crippen LogP) is 2.25. The van der Waals surface area contributed by atoms with Gasteiger partial charge in [0, 0.05) is 0 Å². The molecule has 3 N–H and O–H groups in total. The molecule has 20 heavy (non-hydrogen) atoms. The van der Waals surface area contributed by atoms with Gasteiger partial charge in [0.15, 0.2) is 6.10 Å². The van der Waals surface area contributed by atoms with Crippen LogP contribution in [0.1, 0.15) is 17.3 Å². The van der Waals surface area contributed by atoms with Gasteiger partial charge in [0.2, 0.25) is 0 Å². The first-order valence-electron chi connectivity index (χ1n) is 5.98. The van der Waals surface area contributed by atoms with Crippen molar-refractivity contribution in [1.82, 2.24) is 0 Å². The average molecular weight is 290 g/mol. The summed E-state index contributed by atoms with van der Waals surface area (Å²) in [6.07, 6.45) is -0.680. The minimum absolute atomic E-state index is 0.301. The molecule has 0 spiro atoms. The third kappa shape index (κ3) is 3.36. The van der Waals surface area contributed by atoms with Crippen LogP contribution in [0, 0.1) is 0 Å². The van der Waals surface area contributed by atoms with Gasteiger partial charge in [0.25, 0.3) is 11.8 Å². The average Bonchev–Trinajstić information content (AvgIpc) is 2.88. The lowest BCUT2D eigenvalue weighted by molar-refractivity contribution is -0.122. The number of nitrogens with two attached hydrogens (primary N) is 1. The van der Waals surface area contributed by atoms with Crippen LogP contribution >= 0.6 is 11.3 Å². The fourth-order valence-corrected chi connectivity index (χ4v) is 2.37. The Morgan fingerprint density at radius 1 is 1.25 bits per heavy atom. The van der Waals surface area contributed by atoms with Crippen LogP contribution in [-0.4, -0.2) is 17.9 Å². The highest BCUT2D eigenvalue weighted by Gasteiger charge is 2.18. The van der Waals surface area contributed by atoms with Crippen molar-refractivity contribution in [2.75, 3.05) is 5.32 Å². The summed E-state index contributed by atoms with van der Waals surface area (Å²) < 4.78 is 5.50. The smallest absolute Gasteiger partial charge is 0.265 e. The highest BCUT2D eigenvalue weighted by Crippen LogP contribution is 2.23. The molecule has 0 aliphatic rings. The molecular formula is C14H14N2O3S. The number of ether oxygens (including phenoxy) is 1. The number of rotatable bonds is 5. The number of hydrogen-bond acceptors (Lipinski definition) is 4. The Morgan fingerprint density at radius 3 is 2.60 bits per heavy atom. The molecule has 2 amide bonds. The highest BCUT2D eigenvalue weighted by molar-refractivity contribution is 7.14. The van der Waals surface area contributed by atoms with Crippen LogP contribution in [0.5, 0.6) is 5.75 Å². The number of carbonyl (C=O) groups is 2. The van der Waals surface area contributed by atoms with E-state index >= 15 is 0 Å². The maximum atomic E-state index is 12.0. The molecule has 0 aliphatic heterocycles. The van der Waals surface area contributed by atoms with E-state index in [9.17, 15) is 9.59 Å². The molecule has 2 rings (SSSR count). The molecular weight excluding hydrogens is 276 g/mol. The number of para-hydroxylation sites is 1. The standard InChI is InChI=1S/C14H14N2O3S/c1-9(19-10-5-3-2-4-6-10)13(18)16-14-11(12(15)17)7-8-20-14/h2-9H,1H3,(H2,15,17)(H,16,18). The van der Waals surface area contributed by atoms with Gasteiger partial charge >= 0.3 is 0 Å². The summed E-state index contributed by atoms with van der Waals surface area (Å²) >= 11 is 1.24. The lowest BCUT2D eigenvalue weighted by Crippen LogP contribution is -2.30. The summed E-state index contributed by atoms with van der Waals surface area (Å²) in [6.45, 7) is 1.64. The van der Waals surface area contributed by atoms with Gasteiger partial charge in [-0.05, 0) is 30.5 Å². The van der Waals surface area contributed by atoms with E-state index in [4.69, 9.17) is 10.5 Å². The molecule has 1 aromatic carbocycles. The third-order valence-corrected chi connectivity index (χ3v) is 3.42. The summed E-state index contributed by atoms with van der Waals surface area (Å²) in [5.41, 5.74) is 5.52. The van der Waals surface area contributed by atoms with E-state index in [-0.39, 0.29) is 5.91 Å². The maximum absolute atomic E-state index is 12.0. The van der Waals surface area contributed by atoms with Crippen LogP contribution in [0.2, 0.25) is 0 Å². The van der Waals surface area contributed by atoms with Crippen molar-refractivity contribution in [3.05, 3.63) is 47.3 Å². The number of carbonyl (C=O) groups excluding carboxylic acids is 2. The lowest BCUT2D eigenvalue weighted by atomic mass is 10.3. The van der Waals surface area contributed by atoms with E-state index in [1.165, 1.54) is 11.3 Å². The number of primary amides is 1. The molecule has 6 heteroatoms. The molecule has 0 fully saturated rings. The summed E-state index contributed by atoms with van der Waals surface area (Å²) in [7, 11) is 0. The Balaban J connectivity index is 2.01. The summed E-state index contributed by atoms with van der Waals surface area (Å²) in [6, 6.07) is 10.6. The van der Waals surface area contributed by atoms with Gasteiger partial charge in [-0.15, -0.1) is 11.3 Å². The molecule has 1 heterocycles. The van der Waals surface area contributed by atoms with Crippen LogP contribution in [-0.2, 0) is 4.79 Å². The molecule has 1 aromatic heterocycles. The van der Waals surface area contributed by atoms with Crippen molar-refractivity contribution in [3.8, 4) is 5.75 Å². The first-order valence-corrected chi connectivity index (χ1v) is 6.85. The van der Waals surface area contributed by atoms with Crippen LogP contribution in [0.3, 0.4) is 0 Å². The van der Waals surface area contributed by atoms with E-state index in [1.807, 2.05) is 18.2 Å². The van der Waals surface area contributed by atoms with Crippen molar-refractivity contribution in [2.45, 2.75) is 13.0 Å². The third-order valence-electron chi connectivity index (χ3n) is 2.59. The SMILES string of the molecule is CC(Oc1ccccc1)C(=O)Nc1sccc1C(N)=O. The number of thiophene rings is 1. The topological polar surface area (TPSA) is 81.4 Å². The number of anilines is 1. The van der Waals surface area contributed by atoms with E-state index in [2.05, 4.69) is 5.32 Å². The highest BCUT2D eigenvalue weighted by atomic mass is 32.1. The first kappa shape index (κ1) is 14.1. The first-order chi connectivity index (χ1) is 9.58. The molecule has 0 bridgehead atoms. The van der Waals surface area contributed by atoms with Crippen molar-refractivity contribution in [3.63, 3.8) is 0 Å². The Bertz CT molecular complexity index is 610. The summed E-state index contributed by atoms with van der Waals surface area (Å²) in [5.74, 6) is -0.298. The van der Waals surface area contributed by atoms with E-state index in [0.29, 0.717) is 16.3 Å². The van der Waals surface area contributed by atoms with Gasteiger partial charge in [0.1, 0.15) is 10.8 Å². The van der Waals surface area contributed by atoms with E-state index < -0.39 is 12.0 Å². The van der Waals surface area contributed by atoms with E-state index in [1.54, 1.807) is 30.5 Å². The Kier molecular flexibility index (Phi) is 4.37. The second-order valence-electron chi connectivity index (χ2n) is 4.09. The van der Waals surface area contributed by atoms with Crippen molar-refractivity contribution >= 4 is 28.2 Å². The Labute approximate surface area is 120 Å². The summed E-state index contributed by atoms with van der Waals surface area (Å²) in [4.78, 5) is 23.2. The minimum Gasteiger partial charge on any atom is -0.481 e. The molecule has 0 radical (unpaired) electrons. The zero-order valence-electron chi connectivity index (χ0n) is 10.8. The summed E-state index contributed by atoms with van der Waals surface area (Å²) in [5, 5.41) is 4.77. The van der Waals surface area contributed by atoms with Gasteiger partial charge in [-0.3, -0.25) is 9.59 Å². The molecule has 5 nitrogen and oxygen atoms in total. The van der Waals surface area contributed by atoms with Crippen LogP contribution in [0.15, 0.2) is 41.8 Å². The van der Waals surface area contributed by atoms with Crippen molar-refractivity contribution in [1.29, 1.82) is 0 Å². The molecule has 1 atom stereocenters. The molecule has 104 valence electrons. The quantitative estimate of drug-likeness (QED) is 0.886. The number of benzene rings is 1. The normalized spacial score (nSPS) is 11.7. The second kappa shape index (κ2) is 6.21. The van der Waals surface area contributed by atoms with Gasteiger partial charge < -0.3 is 15.8 Å². The minimum atomic E-state index is -0.680. The molecule has 1 unspecified atom stereocenters. The van der Waals surface area contributed by atoms with Crippen LogP contribution in [0.4, 0.5) is 5.00 Å². The largest absolute Gasteiger partial charge is 0.481 e. The van der Waals surface area contributed by atoms with Gasteiger partial charge in [-0.1, -0.05) is 18.2 Å². The zero-order chi connectivity index (χ0) is 14.5. The van der Waals surface area contributed by atoms with Crippen molar-refractivity contribution in [2.24, 2.45) is 5.73 Å². The Hall–Kier alpha value is -2.34. The van der Waals surface area contributed by atoms with Crippen LogP contribution in [0.25, 0.3) is 0 Å². The number of amides is 2. The number of nitrogens with one attached hydrogen (secondary N) is 1. The zero-order valence-corrected chi connectivity index (χ0v) is 11.6. The molecule has 0 saturated carbocycles. The predicted molar refractivity (Wildman–Crippen MR) is 78.0 cm³/mol. The molecule has 0 aliphatic carbocycles. The van der Waals surface area contributed by atoms with E-state index in [0.717, 1.165) is 0 Å². The fraction of sp³-hybridized carbons (Fsp3) is 0.143.